The molecule has 3 N–H and O–H groups in total. The molecule has 4 rings (SSSR count). The fourth-order valence-corrected chi connectivity index (χ4v) is 6.85. The van der Waals surface area contributed by atoms with Gasteiger partial charge in [-0.2, -0.15) is 0 Å². The van der Waals surface area contributed by atoms with Gasteiger partial charge in [-0.15, -0.1) is 0 Å². The number of primary amides is 1. The molecule has 8 nitrogen and oxygen atoms in total. The predicted octanol–water partition coefficient (Wildman–Crippen LogP) is 3.69. The molecular formula is C25H29N4O4PS. The van der Waals surface area contributed by atoms with Gasteiger partial charge in [-0.3, -0.25) is 9.78 Å². The average molecular weight is 513 g/mol. The molecule has 2 heterocycles. The molecule has 2 aromatic heterocycles. The van der Waals surface area contributed by atoms with Crippen LogP contribution in [0.5, 0.6) is 0 Å². The van der Waals surface area contributed by atoms with E-state index in [1.165, 1.54) is 6.20 Å². The Morgan fingerprint density at radius 1 is 0.971 bits per heavy atom. The van der Waals surface area contributed by atoms with Crippen LogP contribution in [0.4, 0.5) is 5.82 Å². The van der Waals surface area contributed by atoms with Crippen molar-refractivity contribution >= 4 is 34.0 Å². The van der Waals surface area contributed by atoms with Crippen LogP contribution < -0.4 is 16.4 Å². The minimum atomic E-state index is -3.46. The Balaban J connectivity index is 1.39. The zero-order valence-corrected chi connectivity index (χ0v) is 21.4. The fourth-order valence-electron chi connectivity index (χ4n) is 4.29. The first-order chi connectivity index (χ1) is 16.5. The van der Waals surface area contributed by atoms with Crippen LogP contribution in [0.25, 0.3) is 11.1 Å². The molecule has 1 fully saturated rings. The van der Waals surface area contributed by atoms with E-state index < -0.39 is 28.1 Å². The van der Waals surface area contributed by atoms with Crippen molar-refractivity contribution in [2.24, 2.45) is 5.73 Å². The molecule has 1 aromatic carbocycles. The third-order valence-corrected chi connectivity index (χ3v) is 10.1. The van der Waals surface area contributed by atoms with Crippen LogP contribution in [0.2, 0.25) is 0 Å². The van der Waals surface area contributed by atoms with Crippen LogP contribution in [-0.2, 0) is 14.4 Å². The lowest BCUT2D eigenvalue weighted by molar-refractivity contribution is 0.0995. The average Bonchev–Trinajstić information content (AvgIpc) is 2.84. The summed E-state index contributed by atoms with van der Waals surface area (Å²) in [6.45, 7) is 3.43. The molecule has 1 aliphatic carbocycles. The lowest BCUT2D eigenvalue weighted by atomic mass is 9.95. The predicted molar refractivity (Wildman–Crippen MR) is 138 cm³/mol. The number of amides is 1. The molecule has 0 spiro atoms. The molecule has 0 aliphatic heterocycles. The number of anilines is 1. The second kappa shape index (κ2) is 9.91. The molecule has 0 bridgehead atoms. The van der Waals surface area contributed by atoms with Gasteiger partial charge in [0.15, 0.2) is 9.84 Å². The molecular weight excluding hydrogens is 483 g/mol. The number of nitrogens with two attached hydrogens (primary N) is 1. The van der Waals surface area contributed by atoms with Gasteiger partial charge >= 0.3 is 0 Å². The van der Waals surface area contributed by atoms with Crippen LogP contribution in [0.3, 0.4) is 0 Å². The molecule has 1 amide bonds. The number of nitrogens with one attached hydrogen (secondary N) is 1. The number of carbonyl (C=O) groups is 1. The summed E-state index contributed by atoms with van der Waals surface area (Å²) in [6.07, 6.45) is 5.71. The Morgan fingerprint density at radius 3 is 2.23 bits per heavy atom. The van der Waals surface area contributed by atoms with Gasteiger partial charge in [0.1, 0.15) is 18.7 Å². The molecule has 0 saturated heterocycles. The van der Waals surface area contributed by atoms with Gasteiger partial charge in [-0.05, 0) is 86.5 Å². The van der Waals surface area contributed by atoms with E-state index in [4.69, 9.17) is 5.73 Å². The van der Waals surface area contributed by atoms with Crippen molar-refractivity contribution in [3.63, 3.8) is 0 Å². The normalized spacial score (nSPS) is 18.7. The van der Waals surface area contributed by atoms with Crippen molar-refractivity contribution < 1.29 is 17.8 Å². The molecule has 0 atom stereocenters. The summed E-state index contributed by atoms with van der Waals surface area (Å²) in [7, 11) is -5.80. The molecule has 0 radical (unpaired) electrons. The minimum absolute atomic E-state index is 0.142. The number of sulfone groups is 1. The number of carbonyl (C=O) groups excluding carboxylic acids is 1. The zero-order valence-electron chi connectivity index (χ0n) is 19.7. The summed E-state index contributed by atoms with van der Waals surface area (Å²) in [5.74, 6) is 0.0939. The highest BCUT2D eigenvalue weighted by Gasteiger charge is 2.32. The van der Waals surface area contributed by atoms with Crippen molar-refractivity contribution in [3.8, 4) is 11.1 Å². The minimum Gasteiger partial charge on any atom is -0.367 e. The number of nitrogens with zero attached hydrogens (tertiary/aromatic N) is 2. The summed E-state index contributed by atoms with van der Waals surface area (Å²) >= 11 is 0. The van der Waals surface area contributed by atoms with Gasteiger partial charge in [0.2, 0.25) is 0 Å². The summed E-state index contributed by atoms with van der Waals surface area (Å²) in [4.78, 5) is 20.0. The highest BCUT2D eigenvalue weighted by atomic mass is 32.2. The number of aromatic nitrogens is 2. The quantitative estimate of drug-likeness (QED) is 0.462. The summed E-state index contributed by atoms with van der Waals surface area (Å²) < 4.78 is 38.6. The maximum absolute atomic E-state index is 13.2. The summed E-state index contributed by atoms with van der Waals surface area (Å²) in [5, 5.41) is 3.68. The second-order valence-corrected chi connectivity index (χ2v) is 14.7. The number of hydrogen-bond donors (Lipinski definition) is 2. The van der Waals surface area contributed by atoms with Gasteiger partial charge in [-0.1, -0.05) is 12.1 Å². The van der Waals surface area contributed by atoms with E-state index in [9.17, 15) is 17.8 Å². The van der Waals surface area contributed by atoms with E-state index in [1.54, 1.807) is 55.9 Å². The topological polar surface area (TPSA) is 132 Å². The maximum atomic E-state index is 13.2. The second-order valence-electron chi connectivity index (χ2n) is 9.23. The number of pyridine rings is 2. The van der Waals surface area contributed by atoms with E-state index in [-0.39, 0.29) is 11.7 Å². The SMILES string of the molecule is CP(C)(=O)c1ccc(N[C@H]2CC[C@H](S(=O)(=O)c3ccc(-c4ccnc(C(N)=O)c4)cc3)CC2)nc1. The van der Waals surface area contributed by atoms with E-state index in [1.807, 2.05) is 12.1 Å². The monoisotopic (exact) mass is 512 g/mol. The summed E-state index contributed by atoms with van der Waals surface area (Å²) in [6, 6.07) is 13.8. The summed E-state index contributed by atoms with van der Waals surface area (Å²) in [5.41, 5.74) is 6.98. The van der Waals surface area contributed by atoms with E-state index in [2.05, 4.69) is 15.3 Å². The van der Waals surface area contributed by atoms with E-state index in [0.717, 1.165) is 29.3 Å². The Bertz CT molecular complexity index is 1360. The lowest BCUT2D eigenvalue weighted by Crippen LogP contribution is -2.33. The Hall–Kier alpha value is -3.03. The van der Waals surface area contributed by atoms with Crippen molar-refractivity contribution in [3.05, 3.63) is 66.6 Å². The van der Waals surface area contributed by atoms with Crippen molar-refractivity contribution in [1.29, 1.82) is 0 Å². The van der Waals surface area contributed by atoms with Crippen LogP contribution in [0, 0.1) is 0 Å². The highest BCUT2D eigenvalue weighted by Crippen LogP contribution is 2.35. The Kier molecular flexibility index (Phi) is 7.10. The smallest absolute Gasteiger partial charge is 0.267 e. The van der Waals surface area contributed by atoms with E-state index >= 15 is 0 Å². The standard InChI is InChI=1S/C25H29N4O4PS/c1-34(2,31)20-7-12-24(28-16-20)29-19-5-10-22(11-6-19)35(32,33)21-8-3-17(4-9-21)18-13-14-27-23(15-18)25(26)30/h3-4,7-9,12-16,19,22H,5-6,10-11H2,1-2H3,(H2,26,30)(H,28,29)/t19-,22-. The number of hydrogen-bond acceptors (Lipinski definition) is 7. The largest absolute Gasteiger partial charge is 0.367 e. The van der Waals surface area contributed by atoms with Gasteiger partial charge < -0.3 is 15.6 Å². The third-order valence-electron chi connectivity index (χ3n) is 6.36. The molecule has 10 heteroatoms. The van der Waals surface area contributed by atoms with Crippen molar-refractivity contribution in [2.75, 3.05) is 18.6 Å². The molecule has 184 valence electrons. The molecule has 35 heavy (non-hydrogen) atoms. The number of benzene rings is 1. The van der Waals surface area contributed by atoms with E-state index in [0.29, 0.717) is 23.6 Å². The van der Waals surface area contributed by atoms with Crippen LogP contribution in [0.15, 0.2) is 65.8 Å². The zero-order chi connectivity index (χ0) is 25.2. The van der Waals surface area contributed by atoms with Gasteiger partial charge in [0.25, 0.3) is 5.91 Å². The van der Waals surface area contributed by atoms with Crippen LogP contribution in [-0.4, -0.2) is 48.9 Å². The van der Waals surface area contributed by atoms with Gasteiger partial charge in [0.05, 0.1) is 10.1 Å². The number of rotatable bonds is 7. The van der Waals surface area contributed by atoms with Crippen LogP contribution in [0.1, 0.15) is 36.2 Å². The Labute approximate surface area is 205 Å². The van der Waals surface area contributed by atoms with Gasteiger partial charge in [-0.25, -0.2) is 13.4 Å². The maximum Gasteiger partial charge on any atom is 0.267 e. The first-order valence-corrected chi connectivity index (χ1v) is 15.6. The van der Waals surface area contributed by atoms with Crippen LogP contribution >= 0.6 is 7.14 Å². The first kappa shape index (κ1) is 25.1. The fraction of sp³-hybridized carbons (Fsp3) is 0.320. The highest BCUT2D eigenvalue weighted by molar-refractivity contribution is 7.92. The molecule has 0 unspecified atom stereocenters. The van der Waals surface area contributed by atoms with Crippen molar-refractivity contribution in [2.45, 2.75) is 41.9 Å². The van der Waals surface area contributed by atoms with Gasteiger partial charge in [0, 0.05) is 23.7 Å². The lowest BCUT2D eigenvalue weighted by Gasteiger charge is -2.29. The molecule has 1 saturated carbocycles. The van der Waals surface area contributed by atoms with Crippen molar-refractivity contribution in [1.82, 2.24) is 9.97 Å². The Morgan fingerprint density at radius 2 is 1.66 bits per heavy atom. The molecule has 3 aromatic rings. The molecule has 1 aliphatic rings. The third kappa shape index (κ3) is 5.80. The first-order valence-electron chi connectivity index (χ1n) is 11.4.